The van der Waals surface area contributed by atoms with Crippen molar-refractivity contribution < 1.29 is 0 Å². The van der Waals surface area contributed by atoms with Crippen LogP contribution in [0.2, 0.25) is 0 Å². The minimum absolute atomic E-state index is 0.751. The standard InChI is InChI=1S/C16H31N/c1-13-9-5-3-8-12-16(13)17-14(2)15-10-6-4-7-11-15/h13-17H,3-12H2,1-2H3. The topological polar surface area (TPSA) is 12.0 Å². The second kappa shape index (κ2) is 6.78. The SMILES string of the molecule is CC1CCCCCC1NC(C)C1CCCCC1. The maximum Gasteiger partial charge on any atom is 0.00952 e. The monoisotopic (exact) mass is 237 g/mol. The Morgan fingerprint density at radius 3 is 2.12 bits per heavy atom. The first-order valence-electron chi connectivity index (χ1n) is 8.03. The molecule has 0 aliphatic heterocycles. The summed E-state index contributed by atoms with van der Waals surface area (Å²) in [4.78, 5) is 0. The summed E-state index contributed by atoms with van der Waals surface area (Å²) in [5, 5.41) is 3.98. The minimum Gasteiger partial charge on any atom is -0.311 e. The van der Waals surface area contributed by atoms with Crippen LogP contribution in [0.3, 0.4) is 0 Å². The molecule has 100 valence electrons. The van der Waals surface area contributed by atoms with E-state index < -0.39 is 0 Å². The van der Waals surface area contributed by atoms with Gasteiger partial charge in [-0.3, -0.25) is 0 Å². The molecule has 0 radical (unpaired) electrons. The zero-order valence-electron chi connectivity index (χ0n) is 11.9. The molecule has 1 heteroatoms. The maximum atomic E-state index is 3.98. The van der Waals surface area contributed by atoms with Crippen LogP contribution in [0.15, 0.2) is 0 Å². The van der Waals surface area contributed by atoms with Crippen LogP contribution in [0.4, 0.5) is 0 Å². The zero-order chi connectivity index (χ0) is 12.1. The van der Waals surface area contributed by atoms with Crippen molar-refractivity contribution in [3.8, 4) is 0 Å². The maximum absolute atomic E-state index is 3.98. The van der Waals surface area contributed by atoms with Crippen molar-refractivity contribution in [1.29, 1.82) is 0 Å². The lowest BCUT2D eigenvalue weighted by atomic mass is 9.83. The lowest BCUT2D eigenvalue weighted by Gasteiger charge is -2.33. The van der Waals surface area contributed by atoms with Gasteiger partial charge in [0.15, 0.2) is 0 Å². The molecule has 2 aliphatic carbocycles. The Morgan fingerprint density at radius 2 is 1.41 bits per heavy atom. The number of hydrogen-bond acceptors (Lipinski definition) is 1. The van der Waals surface area contributed by atoms with Crippen molar-refractivity contribution in [3.63, 3.8) is 0 Å². The molecule has 0 saturated heterocycles. The van der Waals surface area contributed by atoms with Gasteiger partial charge in [-0.15, -0.1) is 0 Å². The largest absolute Gasteiger partial charge is 0.311 e. The lowest BCUT2D eigenvalue weighted by Crippen LogP contribution is -2.44. The van der Waals surface area contributed by atoms with Crippen molar-refractivity contribution in [2.75, 3.05) is 0 Å². The van der Waals surface area contributed by atoms with Gasteiger partial charge in [-0.25, -0.2) is 0 Å². The summed E-state index contributed by atoms with van der Waals surface area (Å²) in [5.41, 5.74) is 0. The first-order valence-corrected chi connectivity index (χ1v) is 8.03. The summed E-state index contributed by atoms with van der Waals surface area (Å²) < 4.78 is 0. The van der Waals surface area contributed by atoms with Crippen molar-refractivity contribution >= 4 is 0 Å². The smallest absolute Gasteiger partial charge is 0.00952 e. The van der Waals surface area contributed by atoms with Gasteiger partial charge in [0.25, 0.3) is 0 Å². The molecule has 0 aromatic carbocycles. The average molecular weight is 237 g/mol. The summed E-state index contributed by atoms with van der Waals surface area (Å²) in [6.07, 6.45) is 14.6. The first kappa shape index (κ1) is 13.4. The molecule has 17 heavy (non-hydrogen) atoms. The molecule has 3 unspecified atom stereocenters. The molecule has 2 fully saturated rings. The number of rotatable bonds is 3. The minimum atomic E-state index is 0.751. The molecule has 1 N–H and O–H groups in total. The normalized spacial score (nSPS) is 34.2. The summed E-state index contributed by atoms with van der Waals surface area (Å²) in [6, 6.07) is 1.55. The summed E-state index contributed by atoms with van der Waals surface area (Å²) in [6.45, 7) is 4.89. The molecule has 0 spiro atoms. The van der Waals surface area contributed by atoms with Crippen LogP contribution in [0.25, 0.3) is 0 Å². The van der Waals surface area contributed by atoms with E-state index in [-0.39, 0.29) is 0 Å². The van der Waals surface area contributed by atoms with Crippen LogP contribution in [0.5, 0.6) is 0 Å². The van der Waals surface area contributed by atoms with Crippen molar-refractivity contribution in [3.05, 3.63) is 0 Å². The van der Waals surface area contributed by atoms with Gasteiger partial charge in [-0.1, -0.05) is 45.4 Å². The van der Waals surface area contributed by atoms with Gasteiger partial charge >= 0.3 is 0 Å². The van der Waals surface area contributed by atoms with E-state index in [0.717, 1.165) is 23.9 Å². The fraction of sp³-hybridized carbons (Fsp3) is 1.00. The highest BCUT2D eigenvalue weighted by molar-refractivity contribution is 4.83. The molecule has 0 aromatic rings. The fourth-order valence-corrected chi connectivity index (χ4v) is 3.85. The Bertz CT molecular complexity index is 208. The van der Waals surface area contributed by atoms with E-state index in [1.807, 2.05) is 0 Å². The number of nitrogens with one attached hydrogen (secondary N) is 1. The predicted molar refractivity (Wildman–Crippen MR) is 75.2 cm³/mol. The lowest BCUT2D eigenvalue weighted by molar-refractivity contribution is 0.235. The summed E-state index contributed by atoms with van der Waals surface area (Å²) in [7, 11) is 0. The molecular formula is C16H31N. The predicted octanol–water partition coefficient (Wildman–Crippen LogP) is 4.51. The van der Waals surface area contributed by atoms with Crippen LogP contribution < -0.4 is 5.32 Å². The quantitative estimate of drug-likeness (QED) is 0.712. The Kier molecular flexibility index (Phi) is 5.34. The van der Waals surface area contributed by atoms with Crippen LogP contribution >= 0.6 is 0 Å². The van der Waals surface area contributed by atoms with E-state index in [1.165, 1.54) is 64.2 Å². The second-order valence-electron chi connectivity index (χ2n) is 6.58. The highest BCUT2D eigenvalue weighted by atomic mass is 15.0. The molecule has 2 aliphatic rings. The van der Waals surface area contributed by atoms with E-state index in [2.05, 4.69) is 19.2 Å². The molecule has 0 bridgehead atoms. The van der Waals surface area contributed by atoms with Gasteiger partial charge < -0.3 is 5.32 Å². The highest BCUT2D eigenvalue weighted by Gasteiger charge is 2.25. The van der Waals surface area contributed by atoms with E-state index in [4.69, 9.17) is 0 Å². The Morgan fingerprint density at radius 1 is 0.824 bits per heavy atom. The van der Waals surface area contributed by atoms with Crippen molar-refractivity contribution in [2.45, 2.75) is 90.1 Å². The summed E-state index contributed by atoms with van der Waals surface area (Å²) in [5.74, 6) is 1.85. The van der Waals surface area contributed by atoms with Crippen LogP contribution in [-0.2, 0) is 0 Å². The van der Waals surface area contributed by atoms with Crippen LogP contribution in [0, 0.1) is 11.8 Å². The molecule has 3 atom stereocenters. The molecule has 2 saturated carbocycles. The van der Waals surface area contributed by atoms with Gasteiger partial charge in [0, 0.05) is 12.1 Å². The average Bonchev–Trinajstić information content (AvgIpc) is 2.56. The van der Waals surface area contributed by atoms with E-state index >= 15 is 0 Å². The zero-order valence-corrected chi connectivity index (χ0v) is 11.9. The van der Waals surface area contributed by atoms with Crippen molar-refractivity contribution in [2.24, 2.45) is 11.8 Å². The molecule has 0 heterocycles. The first-order chi connectivity index (χ1) is 8.27. The molecule has 0 amide bonds. The van der Waals surface area contributed by atoms with Gasteiger partial charge in [-0.2, -0.15) is 0 Å². The number of hydrogen-bond donors (Lipinski definition) is 1. The van der Waals surface area contributed by atoms with E-state index in [1.54, 1.807) is 0 Å². The molecule has 1 nitrogen and oxygen atoms in total. The summed E-state index contributed by atoms with van der Waals surface area (Å²) >= 11 is 0. The molecule has 0 aromatic heterocycles. The molecular weight excluding hydrogens is 206 g/mol. The van der Waals surface area contributed by atoms with E-state index in [0.29, 0.717) is 0 Å². The van der Waals surface area contributed by atoms with Gasteiger partial charge in [0.05, 0.1) is 0 Å². The Hall–Kier alpha value is -0.0400. The second-order valence-corrected chi connectivity index (χ2v) is 6.58. The van der Waals surface area contributed by atoms with E-state index in [9.17, 15) is 0 Å². The Balaban J connectivity index is 1.80. The third-order valence-corrected chi connectivity index (χ3v) is 5.20. The Labute approximate surface area is 108 Å². The third kappa shape index (κ3) is 3.98. The van der Waals surface area contributed by atoms with Crippen LogP contribution in [0.1, 0.15) is 78.1 Å². The van der Waals surface area contributed by atoms with Gasteiger partial charge in [-0.05, 0) is 44.4 Å². The van der Waals surface area contributed by atoms with Gasteiger partial charge in [0.2, 0.25) is 0 Å². The van der Waals surface area contributed by atoms with Crippen molar-refractivity contribution in [1.82, 2.24) is 5.32 Å². The fourth-order valence-electron chi connectivity index (χ4n) is 3.85. The highest BCUT2D eigenvalue weighted by Crippen LogP contribution is 2.29. The van der Waals surface area contributed by atoms with Crippen LogP contribution in [-0.4, -0.2) is 12.1 Å². The third-order valence-electron chi connectivity index (χ3n) is 5.20. The van der Waals surface area contributed by atoms with Gasteiger partial charge in [0.1, 0.15) is 0 Å². The molecule has 2 rings (SSSR count).